The number of aromatic carboxylic acids is 1. The highest BCUT2D eigenvalue weighted by molar-refractivity contribution is 5.91. The lowest BCUT2D eigenvalue weighted by atomic mass is 9.99. The molecule has 1 aromatic carbocycles. The van der Waals surface area contributed by atoms with Gasteiger partial charge in [0.1, 0.15) is 11.4 Å². The van der Waals surface area contributed by atoms with Gasteiger partial charge in [0.05, 0.1) is 23.0 Å². The Bertz CT molecular complexity index is 971. The van der Waals surface area contributed by atoms with Gasteiger partial charge >= 0.3 is 12.1 Å². The Balaban J connectivity index is 2.00. The van der Waals surface area contributed by atoms with Crippen molar-refractivity contribution in [2.24, 2.45) is 0 Å². The van der Waals surface area contributed by atoms with E-state index >= 15 is 0 Å². The molecule has 0 aliphatic carbocycles. The van der Waals surface area contributed by atoms with Crippen LogP contribution in [0.3, 0.4) is 0 Å². The Morgan fingerprint density at radius 2 is 1.86 bits per heavy atom. The molecule has 2 N–H and O–H groups in total. The van der Waals surface area contributed by atoms with Crippen LogP contribution in [-0.2, 0) is 11.2 Å². The first-order valence-electron chi connectivity index (χ1n) is 9.84. The SMILES string of the molecule is Cc1cc(C)c(-c2nc3c([nH]2)C(C)N(C(=O)OC(C)(C)C)C(C)C3)cc1C(=O)O. The van der Waals surface area contributed by atoms with Crippen molar-refractivity contribution < 1.29 is 19.4 Å². The number of amides is 1. The van der Waals surface area contributed by atoms with Gasteiger partial charge in [-0.05, 0) is 65.7 Å². The van der Waals surface area contributed by atoms with Gasteiger partial charge in [-0.25, -0.2) is 14.6 Å². The van der Waals surface area contributed by atoms with Gasteiger partial charge in [0, 0.05) is 18.0 Å². The zero-order valence-electron chi connectivity index (χ0n) is 18.1. The largest absolute Gasteiger partial charge is 0.478 e. The molecule has 0 fully saturated rings. The minimum Gasteiger partial charge on any atom is -0.478 e. The van der Waals surface area contributed by atoms with Gasteiger partial charge < -0.3 is 14.8 Å². The first-order valence-corrected chi connectivity index (χ1v) is 9.84. The molecule has 0 bridgehead atoms. The number of aryl methyl sites for hydroxylation is 2. The van der Waals surface area contributed by atoms with E-state index in [4.69, 9.17) is 9.72 Å². The Morgan fingerprint density at radius 1 is 1.21 bits per heavy atom. The zero-order chi connectivity index (χ0) is 21.7. The second-order valence-corrected chi connectivity index (χ2v) is 8.85. The normalized spacial score (nSPS) is 19.1. The number of aromatic nitrogens is 2. The van der Waals surface area contributed by atoms with Gasteiger partial charge in [-0.3, -0.25) is 4.90 Å². The third kappa shape index (κ3) is 3.99. The third-order valence-electron chi connectivity index (χ3n) is 5.27. The molecule has 7 heteroatoms. The Morgan fingerprint density at radius 3 is 2.45 bits per heavy atom. The molecular weight excluding hydrogens is 370 g/mol. The lowest BCUT2D eigenvalue weighted by Gasteiger charge is -2.38. The van der Waals surface area contributed by atoms with Crippen molar-refractivity contribution in [2.75, 3.05) is 0 Å². The smallest absolute Gasteiger partial charge is 0.411 e. The Labute approximate surface area is 171 Å². The quantitative estimate of drug-likeness (QED) is 0.767. The highest BCUT2D eigenvalue weighted by atomic mass is 16.6. The molecule has 2 heterocycles. The van der Waals surface area contributed by atoms with Crippen LogP contribution in [0.1, 0.15) is 73.5 Å². The summed E-state index contributed by atoms with van der Waals surface area (Å²) >= 11 is 0. The van der Waals surface area contributed by atoms with Crippen molar-refractivity contribution in [2.45, 2.75) is 72.6 Å². The van der Waals surface area contributed by atoms with Crippen LogP contribution in [0.4, 0.5) is 4.79 Å². The number of nitrogens with one attached hydrogen (secondary N) is 1. The molecule has 0 saturated heterocycles. The Hall–Kier alpha value is -2.83. The van der Waals surface area contributed by atoms with E-state index in [0.29, 0.717) is 17.8 Å². The second kappa shape index (κ2) is 7.21. The number of nitrogens with zero attached hydrogens (tertiary/aromatic N) is 2. The van der Waals surface area contributed by atoms with E-state index in [2.05, 4.69) is 4.98 Å². The third-order valence-corrected chi connectivity index (χ3v) is 5.27. The molecule has 2 atom stereocenters. The summed E-state index contributed by atoms with van der Waals surface area (Å²) in [6.45, 7) is 13.2. The minimum atomic E-state index is -0.960. The average Bonchev–Trinajstić information content (AvgIpc) is 2.96. The first-order chi connectivity index (χ1) is 13.4. The van der Waals surface area contributed by atoms with E-state index in [1.165, 1.54) is 0 Å². The van der Waals surface area contributed by atoms with Gasteiger partial charge in [0.2, 0.25) is 0 Å². The van der Waals surface area contributed by atoms with Crippen molar-refractivity contribution in [1.29, 1.82) is 0 Å². The van der Waals surface area contributed by atoms with E-state index in [9.17, 15) is 14.7 Å². The van der Waals surface area contributed by atoms with Gasteiger partial charge in [-0.2, -0.15) is 0 Å². The summed E-state index contributed by atoms with van der Waals surface area (Å²) < 4.78 is 5.59. The highest BCUT2D eigenvalue weighted by Gasteiger charge is 2.37. The summed E-state index contributed by atoms with van der Waals surface area (Å²) in [6, 6.07) is 3.24. The van der Waals surface area contributed by atoms with E-state index in [0.717, 1.165) is 22.5 Å². The number of carbonyl (C=O) groups is 2. The number of carbonyl (C=O) groups excluding carboxylic acids is 1. The zero-order valence-corrected chi connectivity index (χ0v) is 18.1. The fourth-order valence-corrected chi connectivity index (χ4v) is 3.94. The highest BCUT2D eigenvalue weighted by Crippen LogP contribution is 2.35. The number of ether oxygens (including phenoxy) is 1. The van der Waals surface area contributed by atoms with Crippen LogP contribution in [0.15, 0.2) is 12.1 Å². The molecule has 2 unspecified atom stereocenters. The number of hydrogen-bond acceptors (Lipinski definition) is 4. The van der Waals surface area contributed by atoms with E-state index in [1.807, 2.05) is 47.6 Å². The average molecular weight is 399 g/mol. The fraction of sp³-hybridized carbons (Fsp3) is 0.500. The van der Waals surface area contributed by atoms with Crippen LogP contribution >= 0.6 is 0 Å². The van der Waals surface area contributed by atoms with E-state index in [-0.39, 0.29) is 23.7 Å². The second-order valence-electron chi connectivity index (χ2n) is 8.85. The Kier molecular flexibility index (Phi) is 5.19. The van der Waals surface area contributed by atoms with Crippen molar-refractivity contribution in [3.63, 3.8) is 0 Å². The summed E-state index contributed by atoms with van der Waals surface area (Å²) in [7, 11) is 0. The standard InChI is InChI=1S/C22H29N3O4/c1-11-8-12(2)16(20(26)27)10-15(11)19-23-17-9-13(3)25(14(4)18(17)24-19)21(28)29-22(5,6)7/h8,10,13-14H,9H2,1-7H3,(H,23,24)(H,26,27). The number of carboxylic acid groups (broad SMARTS) is 1. The maximum absolute atomic E-state index is 12.7. The van der Waals surface area contributed by atoms with Crippen LogP contribution < -0.4 is 0 Å². The molecule has 1 aliphatic heterocycles. The summed E-state index contributed by atoms with van der Waals surface area (Å²) in [5, 5.41) is 9.47. The molecule has 1 aliphatic rings. The lowest BCUT2D eigenvalue weighted by Crippen LogP contribution is -2.47. The predicted molar refractivity (Wildman–Crippen MR) is 110 cm³/mol. The number of hydrogen-bond donors (Lipinski definition) is 2. The van der Waals surface area contributed by atoms with Crippen LogP contribution in [0.5, 0.6) is 0 Å². The summed E-state index contributed by atoms with van der Waals surface area (Å²) in [4.78, 5) is 34.1. The van der Waals surface area contributed by atoms with Crippen molar-refractivity contribution in [1.82, 2.24) is 14.9 Å². The van der Waals surface area contributed by atoms with Crippen LogP contribution in [-0.4, -0.2) is 43.7 Å². The lowest BCUT2D eigenvalue weighted by molar-refractivity contribution is 0.00520. The molecule has 0 radical (unpaired) electrons. The molecule has 29 heavy (non-hydrogen) atoms. The summed E-state index contributed by atoms with van der Waals surface area (Å²) in [5.74, 6) is -0.335. The van der Waals surface area contributed by atoms with Crippen molar-refractivity contribution in [3.05, 3.63) is 40.2 Å². The maximum atomic E-state index is 12.7. The molecule has 0 spiro atoms. The van der Waals surface area contributed by atoms with Crippen molar-refractivity contribution >= 4 is 12.1 Å². The number of H-pyrrole nitrogens is 1. The summed E-state index contributed by atoms with van der Waals surface area (Å²) in [5.41, 5.74) is 3.87. The number of carboxylic acids is 1. The van der Waals surface area contributed by atoms with Gasteiger partial charge in [0.15, 0.2) is 0 Å². The number of fused-ring (bicyclic) bond motifs is 1. The molecular formula is C22H29N3O4. The van der Waals surface area contributed by atoms with E-state index in [1.54, 1.807) is 17.9 Å². The van der Waals surface area contributed by atoms with Gasteiger partial charge in [0.25, 0.3) is 0 Å². The molecule has 3 rings (SSSR count). The number of rotatable bonds is 2. The molecule has 0 saturated carbocycles. The van der Waals surface area contributed by atoms with E-state index < -0.39 is 11.6 Å². The topological polar surface area (TPSA) is 95.5 Å². The van der Waals surface area contributed by atoms with Crippen molar-refractivity contribution in [3.8, 4) is 11.4 Å². The number of imidazole rings is 1. The number of benzene rings is 1. The minimum absolute atomic E-state index is 0.0582. The fourth-order valence-electron chi connectivity index (χ4n) is 3.94. The predicted octanol–water partition coefficient (Wildman–Crippen LogP) is 4.63. The monoisotopic (exact) mass is 399 g/mol. The van der Waals surface area contributed by atoms with Gasteiger partial charge in [-0.15, -0.1) is 0 Å². The van der Waals surface area contributed by atoms with Crippen LogP contribution in [0.25, 0.3) is 11.4 Å². The number of aromatic amines is 1. The van der Waals surface area contributed by atoms with Crippen LogP contribution in [0.2, 0.25) is 0 Å². The first kappa shape index (κ1) is 20.9. The molecule has 1 aromatic heterocycles. The molecule has 2 aromatic rings. The molecule has 1 amide bonds. The van der Waals surface area contributed by atoms with Crippen LogP contribution in [0, 0.1) is 13.8 Å². The van der Waals surface area contributed by atoms with Gasteiger partial charge in [-0.1, -0.05) is 6.07 Å². The summed E-state index contributed by atoms with van der Waals surface area (Å²) in [6.07, 6.45) is 0.255. The maximum Gasteiger partial charge on any atom is 0.411 e. The molecule has 7 nitrogen and oxygen atoms in total. The molecule has 156 valence electrons.